The molecule has 0 saturated heterocycles. The van der Waals surface area contributed by atoms with E-state index in [0.29, 0.717) is 10.0 Å². The lowest BCUT2D eigenvalue weighted by Crippen LogP contribution is -2.46. The zero-order valence-corrected chi connectivity index (χ0v) is 16.4. The number of pyridine rings is 1. The summed E-state index contributed by atoms with van der Waals surface area (Å²) in [4.78, 5) is 16.7. The van der Waals surface area contributed by atoms with Crippen molar-refractivity contribution in [2.75, 3.05) is 5.73 Å². The number of anilines is 1. The van der Waals surface area contributed by atoms with Crippen molar-refractivity contribution in [2.24, 2.45) is 0 Å². The molecule has 0 saturated carbocycles. The lowest BCUT2D eigenvalue weighted by atomic mass is 9.55. The molecule has 0 amide bonds. The van der Waals surface area contributed by atoms with Crippen LogP contribution in [0.3, 0.4) is 0 Å². The highest BCUT2D eigenvalue weighted by atomic mass is 35.5. The largest absolute Gasteiger partial charge is 0.521 e. The number of nitrogen functional groups attached to an aromatic ring is 1. The molecular weight excluding hydrogens is 382 g/mol. The monoisotopic (exact) mass is 398 g/mol. The summed E-state index contributed by atoms with van der Waals surface area (Å²) in [6.45, 7) is 3.12. The van der Waals surface area contributed by atoms with E-state index in [1.54, 1.807) is 24.3 Å². The van der Waals surface area contributed by atoms with Crippen molar-refractivity contribution in [3.63, 3.8) is 0 Å². The highest BCUT2D eigenvalue weighted by Crippen LogP contribution is 2.16. The number of benzene rings is 2. The Balaban J connectivity index is 2.04. The normalized spacial score (nSPS) is 10.5. The van der Waals surface area contributed by atoms with Gasteiger partial charge >= 0.3 is 12.9 Å². The second-order valence-electron chi connectivity index (χ2n) is 6.24. The number of hydrogen-bond donors (Lipinski definition) is 1. The first-order valence-corrected chi connectivity index (χ1v) is 9.06. The van der Waals surface area contributed by atoms with E-state index in [1.807, 2.05) is 38.1 Å². The average molecular weight is 399 g/mol. The standard InChI is InChI=1S/C20H17BCl2N2O2/c1-12-5-7-14(10-16(12)22)21(15-8-6-13(2)17(23)11-15)27-20(26)19-18(24)4-3-9-25-19/h3-11H,24H2,1-2H3. The number of carbonyl (C=O) groups excluding carboxylic acids is 1. The Labute approximate surface area is 168 Å². The molecule has 136 valence electrons. The van der Waals surface area contributed by atoms with Gasteiger partial charge in [0.15, 0.2) is 5.69 Å². The summed E-state index contributed by atoms with van der Waals surface area (Å²) in [6, 6.07) is 14.3. The third-order valence-electron chi connectivity index (χ3n) is 4.25. The van der Waals surface area contributed by atoms with Crippen LogP contribution in [0.15, 0.2) is 54.7 Å². The van der Waals surface area contributed by atoms with Crippen LogP contribution in [0.5, 0.6) is 0 Å². The summed E-state index contributed by atoms with van der Waals surface area (Å²) in [5.74, 6) is -0.619. The van der Waals surface area contributed by atoms with Crippen molar-refractivity contribution >= 4 is 52.7 Å². The summed E-state index contributed by atoms with van der Waals surface area (Å²) < 4.78 is 5.78. The summed E-state index contributed by atoms with van der Waals surface area (Å²) in [5.41, 5.74) is 9.50. The molecule has 3 rings (SSSR count). The Morgan fingerprint density at radius 3 is 2.04 bits per heavy atom. The van der Waals surface area contributed by atoms with E-state index >= 15 is 0 Å². The number of hydrogen-bond acceptors (Lipinski definition) is 4. The Morgan fingerprint density at radius 2 is 1.56 bits per heavy atom. The number of halogens is 2. The first-order valence-electron chi connectivity index (χ1n) is 8.30. The van der Waals surface area contributed by atoms with Crippen molar-refractivity contribution in [1.82, 2.24) is 4.98 Å². The van der Waals surface area contributed by atoms with Crippen LogP contribution in [0, 0.1) is 13.8 Å². The zero-order chi connectivity index (χ0) is 19.6. The quantitative estimate of drug-likeness (QED) is 0.682. The minimum atomic E-state index is -0.699. The predicted octanol–water partition coefficient (Wildman–Crippen LogP) is 3.55. The number of aryl methyl sites for hydroxylation is 2. The van der Waals surface area contributed by atoms with E-state index in [4.69, 9.17) is 33.6 Å². The second kappa shape index (κ2) is 8.03. The second-order valence-corrected chi connectivity index (χ2v) is 7.06. The fourth-order valence-corrected chi connectivity index (χ4v) is 3.00. The average Bonchev–Trinajstić information content (AvgIpc) is 2.64. The van der Waals surface area contributed by atoms with E-state index in [2.05, 4.69) is 4.98 Å². The number of rotatable bonds is 4. The van der Waals surface area contributed by atoms with Gasteiger partial charge in [-0.1, -0.05) is 47.5 Å². The molecule has 3 aromatic rings. The van der Waals surface area contributed by atoms with Crippen molar-refractivity contribution in [1.29, 1.82) is 0 Å². The van der Waals surface area contributed by atoms with E-state index in [1.165, 1.54) is 6.20 Å². The molecule has 27 heavy (non-hydrogen) atoms. The third-order valence-corrected chi connectivity index (χ3v) is 5.07. The number of nitrogens with two attached hydrogens (primary N) is 1. The third kappa shape index (κ3) is 4.26. The molecule has 0 aliphatic heterocycles. The molecule has 0 aliphatic rings. The molecular formula is C20H17BCl2N2O2. The van der Waals surface area contributed by atoms with Crippen molar-refractivity contribution in [3.05, 3.63) is 81.6 Å². The minimum Gasteiger partial charge on any atom is -0.521 e. The Bertz CT molecular complexity index is 960. The van der Waals surface area contributed by atoms with E-state index < -0.39 is 12.9 Å². The van der Waals surface area contributed by atoms with Gasteiger partial charge in [0.2, 0.25) is 0 Å². The van der Waals surface area contributed by atoms with Crippen LogP contribution < -0.4 is 16.7 Å². The lowest BCUT2D eigenvalue weighted by molar-refractivity contribution is 0.0734. The van der Waals surface area contributed by atoms with Gasteiger partial charge in [0.25, 0.3) is 0 Å². The van der Waals surface area contributed by atoms with Crippen molar-refractivity contribution in [2.45, 2.75) is 13.8 Å². The highest BCUT2D eigenvalue weighted by Gasteiger charge is 2.28. The molecule has 0 unspecified atom stereocenters. The summed E-state index contributed by atoms with van der Waals surface area (Å²) in [6.07, 6.45) is 1.49. The van der Waals surface area contributed by atoms with Crippen LogP contribution in [0.1, 0.15) is 21.6 Å². The first kappa shape index (κ1) is 19.3. The topological polar surface area (TPSA) is 65.2 Å². The van der Waals surface area contributed by atoms with Gasteiger partial charge in [0.1, 0.15) is 0 Å². The molecule has 2 aromatic carbocycles. The van der Waals surface area contributed by atoms with Crippen molar-refractivity contribution in [3.8, 4) is 0 Å². The Hall–Kier alpha value is -2.50. The van der Waals surface area contributed by atoms with Crippen LogP contribution in [0.25, 0.3) is 0 Å². The first-order chi connectivity index (χ1) is 12.9. The number of carbonyl (C=O) groups is 1. The fourth-order valence-electron chi connectivity index (χ4n) is 2.62. The zero-order valence-electron chi connectivity index (χ0n) is 14.9. The minimum absolute atomic E-state index is 0.0684. The van der Waals surface area contributed by atoms with Gasteiger partial charge in [0, 0.05) is 16.2 Å². The van der Waals surface area contributed by atoms with E-state index in [-0.39, 0.29) is 11.4 Å². The van der Waals surface area contributed by atoms with Gasteiger partial charge < -0.3 is 10.4 Å². The molecule has 1 aromatic heterocycles. The van der Waals surface area contributed by atoms with Gasteiger partial charge in [-0.25, -0.2) is 9.78 Å². The Kier molecular flexibility index (Phi) is 5.73. The maximum atomic E-state index is 12.7. The summed E-state index contributed by atoms with van der Waals surface area (Å²) in [7, 11) is 0. The lowest BCUT2D eigenvalue weighted by Gasteiger charge is -2.17. The molecule has 7 heteroatoms. The maximum absolute atomic E-state index is 12.7. The van der Waals surface area contributed by atoms with Crippen molar-refractivity contribution < 1.29 is 9.45 Å². The SMILES string of the molecule is Cc1ccc(B(OC(=O)c2ncccc2N)c2ccc(C)c(Cl)c2)cc1Cl. The molecule has 0 bridgehead atoms. The predicted molar refractivity (Wildman–Crippen MR) is 111 cm³/mol. The van der Waals surface area contributed by atoms with Crippen LogP contribution in [0.4, 0.5) is 5.69 Å². The van der Waals surface area contributed by atoms with Gasteiger partial charge in [-0.2, -0.15) is 0 Å². The van der Waals surface area contributed by atoms with Gasteiger partial charge in [0.05, 0.1) is 5.69 Å². The Morgan fingerprint density at radius 1 is 1.00 bits per heavy atom. The van der Waals surface area contributed by atoms with E-state index in [9.17, 15) is 4.79 Å². The molecule has 4 nitrogen and oxygen atoms in total. The van der Waals surface area contributed by atoms with Gasteiger partial charge in [-0.05, 0) is 60.2 Å². The van der Waals surface area contributed by atoms with Gasteiger partial charge in [-0.15, -0.1) is 0 Å². The molecule has 2 N–H and O–H groups in total. The molecule has 0 fully saturated rings. The molecule has 0 aliphatic carbocycles. The van der Waals surface area contributed by atoms with Crippen LogP contribution in [-0.2, 0) is 4.65 Å². The molecule has 0 spiro atoms. The maximum Gasteiger partial charge on any atom is 0.430 e. The summed E-state index contributed by atoms with van der Waals surface area (Å²) in [5, 5.41) is 1.17. The van der Waals surface area contributed by atoms with Crippen LogP contribution >= 0.6 is 23.2 Å². The summed E-state index contributed by atoms with van der Waals surface area (Å²) >= 11 is 12.6. The fraction of sp³-hybridized carbons (Fsp3) is 0.100. The molecule has 1 heterocycles. The number of aromatic nitrogens is 1. The highest BCUT2D eigenvalue weighted by molar-refractivity contribution is 6.81. The number of nitrogens with zero attached hydrogens (tertiary/aromatic N) is 1. The van der Waals surface area contributed by atoms with Crippen LogP contribution in [0.2, 0.25) is 10.0 Å². The van der Waals surface area contributed by atoms with Crippen LogP contribution in [-0.4, -0.2) is 17.9 Å². The van der Waals surface area contributed by atoms with Gasteiger partial charge in [-0.3, -0.25) is 0 Å². The van der Waals surface area contributed by atoms with E-state index in [0.717, 1.165) is 22.1 Å². The smallest absolute Gasteiger partial charge is 0.430 e. The molecule has 0 radical (unpaired) electrons. The molecule has 0 atom stereocenters.